The van der Waals surface area contributed by atoms with Crippen LogP contribution in [0.5, 0.6) is 0 Å². The number of amides is 1. The predicted molar refractivity (Wildman–Crippen MR) is 135 cm³/mol. The second-order valence-corrected chi connectivity index (χ2v) is 10.2. The molecule has 178 valence electrons. The largest absolute Gasteiger partial charge is 0.382 e. The number of rotatable bonds is 6. The van der Waals surface area contributed by atoms with Gasteiger partial charge >= 0.3 is 0 Å². The first kappa shape index (κ1) is 22.9. The molecule has 0 bridgehead atoms. The van der Waals surface area contributed by atoms with Crippen molar-refractivity contribution in [2.75, 3.05) is 5.32 Å². The highest BCUT2D eigenvalue weighted by molar-refractivity contribution is 7.14. The lowest BCUT2D eigenvalue weighted by Crippen LogP contribution is -2.30. The molecule has 4 heterocycles. The van der Waals surface area contributed by atoms with E-state index in [-0.39, 0.29) is 18.0 Å². The van der Waals surface area contributed by atoms with Crippen molar-refractivity contribution in [3.8, 4) is 28.0 Å². The van der Waals surface area contributed by atoms with Crippen molar-refractivity contribution in [2.45, 2.75) is 58.0 Å². The lowest BCUT2D eigenvalue weighted by atomic mass is 10.1. The van der Waals surface area contributed by atoms with Gasteiger partial charge in [-0.3, -0.25) is 9.78 Å². The van der Waals surface area contributed by atoms with Crippen LogP contribution in [0.2, 0.25) is 0 Å². The highest BCUT2D eigenvalue weighted by atomic mass is 32.1. The van der Waals surface area contributed by atoms with E-state index in [4.69, 9.17) is 10.2 Å². The van der Waals surface area contributed by atoms with Crippen LogP contribution in [-0.4, -0.2) is 42.8 Å². The predicted octanol–water partition coefficient (Wildman–Crippen LogP) is 4.38. The fourth-order valence-electron chi connectivity index (χ4n) is 4.58. The summed E-state index contributed by atoms with van der Waals surface area (Å²) in [5.74, 6) is 0.323. The lowest BCUT2D eigenvalue weighted by molar-refractivity contribution is -0.119. The number of carbonyl (C=O) groups is 1. The Bertz CT molecular complexity index is 1430. The van der Waals surface area contributed by atoms with Crippen LogP contribution in [0.3, 0.4) is 0 Å². The Balaban J connectivity index is 1.46. The molecule has 1 amide bonds. The molecule has 0 radical (unpaired) electrons. The maximum Gasteiger partial charge on any atom is 0.217 e. The van der Waals surface area contributed by atoms with E-state index in [1.165, 1.54) is 0 Å². The van der Waals surface area contributed by atoms with Gasteiger partial charge in [-0.1, -0.05) is 11.3 Å². The van der Waals surface area contributed by atoms with Crippen molar-refractivity contribution in [3.05, 3.63) is 47.2 Å². The molecular weight excluding hydrogens is 460 g/mol. The number of anilines is 1. The molecule has 0 spiro atoms. The summed E-state index contributed by atoms with van der Waals surface area (Å²) >= 11 is 1.59. The van der Waals surface area contributed by atoms with E-state index < -0.39 is 0 Å². The quantitative estimate of drug-likeness (QED) is 0.415. The van der Waals surface area contributed by atoms with Crippen molar-refractivity contribution in [1.82, 2.24) is 30.1 Å². The minimum Gasteiger partial charge on any atom is -0.382 e. The van der Waals surface area contributed by atoms with Gasteiger partial charge in [-0.05, 0) is 57.4 Å². The zero-order valence-electron chi connectivity index (χ0n) is 19.8. The van der Waals surface area contributed by atoms with E-state index in [1.54, 1.807) is 35.0 Å². The van der Waals surface area contributed by atoms with Crippen molar-refractivity contribution in [1.29, 1.82) is 5.26 Å². The first-order chi connectivity index (χ1) is 16.9. The smallest absolute Gasteiger partial charge is 0.217 e. The molecule has 0 saturated heterocycles. The van der Waals surface area contributed by atoms with Gasteiger partial charge in [0.2, 0.25) is 5.91 Å². The molecule has 0 unspecified atom stereocenters. The maximum atomic E-state index is 11.4. The van der Waals surface area contributed by atoms with E-state index in [2.05, 4.69) is 45.8 Å². The molecule has 0 aromatic carbocycles. The SMILES string of the molecule is CC(=O)N[C@H]1CC[C@H](c2nnc(-c3cnc(-c4ccc5cc(C#N)cnn45)cc3NC(C)C)s2)C1. The van der Waals surface area contributed by atoms with E-state index in [1.807, 2.05) is 24.4 Å². The van der Waals surface area contributed by atoms with Crippen molar-refractivity contribution in [3.63, 3.8) is 0 Å². The number of nitrogens with zero attached hydrogens (tertiary/aromatic N) is 6. The summed E-state index contributed by atoms with van der Waals surface area (Å²) in [4.78, 5) is 16.1. The monoisotopic (exact) mass is 486 g/mol. The number of hydrogen-bond acceptors (Lipinski definition) is 8. The second kappa shape index (κ2) is 9.43. The molecule has 1 saturated carbocycles. The Hall–Kier alpha value is -3.84. The highest BCUT2D eigenvalue weighted by Crippen LogP contribution is 2.40. The van der Waals surface area contributed by atoms with Crippen molar-refractivity contribution < 1.29 is 4.79 Å². The normalized spacial score (nSPS) is 17.6. The minimum absolute atomic E-state index is 0.0145. The van der Waals surface area contributed by atoms with Crippen molar-refractivity contribution in [2.24, 2.45) is 0 Å². The van der Waals surface area contributed by atoms with Crippen LogP contribution in [0.4, 0.5) is 5.69 Å². The molecule has 0 aliphatic heterocycles. The zero-order chi connectivity index (χ0) is 24.5. The topological polar surface area (TPSA) is 121 Å². The number of aromatic nitrogens is 5. The van der Waals surface area contributed by atoms with Gasteiger partial charge in [0.1, 0.15) is 11.1 Å². The van der Waals surface area contributed by atoms with Gasteiger partial charge in [-0.15, -0.1) is 10.2 Å². The van der Waals surface area contributed by atoms with E-state index >= 15 is 0 Å². The van der Waals surface area contributed by atoms with Crippen LogP contribution >= 0.6 is 11.3 Å². The van der Waals surface area contributed by atoms with Gasteiger partial charge in [0.05, 0.1) is 34.2 Å². The Kier molecular flexibility index (Phi) is 6.17. The van der Waals surface area contributed by atoms with Gasteiger partial charge < -0.3 is 10.6 Å². The summed E-state index contributed by atoms with van der Waals surface area (Å²) in [6.07, 6.45) is 6.24. The van der Waals surface area contributed by atoms with Crippen molar-refractivity contribution >= 4 is 28.4 Å². The Morgan fingerprint density at radius 2 is 2.09 bits per heavy atom. The number of carbonyl (C=O) groups excluding carboxylic acids is 1. The summed E-state index contributed by atoms with van der Waals surface area (Å²) in [5, 5.41) is 30.9. The first-order valence-electron chi connectivity index (χ1n) is 11.7. The molecule has 9 nitrogen and oxygen atoms in total. The molecule has 1 aliphatic carbocycles. The first-order valence-corrected chi connectivity index (χ1v) is 12.5. The minimum atomic E-state index is 0.0145. The molecule has 2 N–H and O–H groups in total. The summed E-state index contributed by atoms with van der Waals surface area (Å²) in [6, 6.07) is 10.3. The molecule has 2 atom stereocenters. The molecule has 4 aromatic heterocycles. The standard InChI is InChI=1S/C25H26N8OS/c1-14(2)29-21-10-22(23-7-6-19-8-16(11-26)12-28-33(19)23)27-13-20(21)25-32-31-24(35-25)17-4-5-18(9-17)30-15(3)34/h6-8,10,12-14,17-18H,4-5,9H2,1-3H3,(H,27,29)(H,30,34)/t17-,18-/m0/s1. The molecule has 1 fully saturated rings. The fraction of sp³-hybridized carbons (Fsp3) is 0.360. The number of fused-ring (bicyclic) bond motifs is 1. The van der Waals surface area contributed by atoms with Gasteiger partial charge in [0.15, 0.2) is 5.01 Å². The Labute approximate surface area is 207 Å². The van der Waals surface area contributed by atoms with Crippen LogP contribution in [0, 0.1) is 11.3 Å². The second-order valence-electron chi connectivity index (χ2n) is 9.18. The van der Waals surface area contributed by atoms with E-state index in [0.29, 0.717) is 11.5 Å². The number of pyridine rings is 1. The molecule has 10 heteroatoms. The molecule has 4 aromatic rings. The molecular formula is C25H26N8OS. The third-order valence-corrected chi connectivity index (χ3v) is 7.22. The third-order valence-electron chi connectivity index (χ3n) is 6.10. The number of hydrogen-bond donors (Lipinski definition) is 2. The lowest BCUT2D eigenvalue weighted by Gasteiger charge is -2.14. The summed E-state index contributed by atoms with van der Waals surface area (Å²) in [7, 11) is 0. The van der Waals surface area contributed by atoms with Crippen LogP contribution in [0.25, 0.3) is 27.5 Å². The fourth-order valence-corrected chi connectivity index (χ4v) is 5.60. The van der Waals surface area contributed by atoms with E-state index in [9.17, 15) is 4.79 Å². The van der Waals surface area contributed by atoms with Gasteiger partial charge in [0.25, 0.3) is 0 Å². The summed E-state index contributed by atoms with van der Waals surface area (Å²) in [5.41, 5.74) is 4.81. The zero-order valence-corrected chi connectivity index (χ0v) is 20.6. The van der Waals surface area contributed by atoms with Crippen LogP contribution < -0.4 is 10.6 Å². The number of nitrogens with one attached hydrogen (secondary N) is 2. The van der Waals surface area contributed by atoms with E-state index in [0.717, 1.165) is 57.4 Å². The highest BCUT2D eigenvalue weighted by Gasteiger charge is 2.29. The Morgan fingerprint density at radius 1 is 1.23 bits per heavy atom. The summed E-state index contributed by atoms with van der Waals surface area (Å²) in [6.45, 7) is 5.74. The molecule has 35 heavy (non-hydrogen) atoms. The van der Waals surface area contributed by atoms with Gasteiger partial charge in [0, 0.05) is 36.8 Å². The number of nitriles is 1. The third kappa shape index (κ3) is 4.72. The van der Waals surface area contributed by atoms with Crippen LogP contribution in [0.1, 0.15) is 56.5 Å². The van der Waals surface area contributed by atoms with Gasteiger partial charge in [-0.2, -0.15) is 10.4 Å². The van der Waals surface area contributed by atoms with Crippen LogP contribution in [0.15, 0.2) is 36.7 Å². The van der Waals surface area contributed by atoms with Crippen LogP contribution in [-0.2, 0) is 4.79 Å². The molecule has 5 rings (SSSR count). The maximum absolute atomic E-state index is 11.4. The Morgan fingerprint density at radius 3 is 2.86 bits per heavy atom. The average Bonchev–Trinajstić information content (AvgIpc) is 3.57. The molecule has 1 aliphatic rings. The summed E-state index contributed by atoms with van der Waals surface area (Å²) < 4.78 is 1.79. The average molecular weight is 487 g/mol. The van der Waals surface area contributed by atoms with Gasteiger partial charge in [-0.25, -0.2) is 4.52 Å².